The molecule has 0 bridgehead atoms. The Morgan fingerprint density at radius 1 is 0.533 bits per heavy atom. The van der Waals surface area contributed by atoms with Gasteiger partial charge in [-0.25, -0.2) is 9.59 Å². The summed E-state index contributed by atoms with van der Waals surface area (Å²) >= 11 is 0. The molecule has 0 amide bonds. The zero-order chi connectivity index (χ0) is 33.1. The molecule has 0 fully saturated rings. The van der Waals surface area contributed by atoms with Crippen LogP contribution in [0.1, 0.15) is 119 Å². The predicted molar refractivity (Wildman–Crippen MR) is 177 cm³/mol. The Hall–Kier alpha value is -4.40. The van der Waals surface area contributed by atoms with Crippen LogP contribution >= 0.6 is 0 Å². The monoisotopic (exact) mass is 613 g/mol. The quantitative estimate of drug-likeness (QED) is 0.236. The summed E-state index contributed by atoms with van der Waals surface area (Å²) in [5, 5.41) is 9.65. The lowest BCUT2D eigenvalue weighted by Gasteiger charge is -2.14. The van der Waals surface area contributed by atoms with E-state index in [0.29, 0.717) is 24.6 Å². The second kappa shape index (κ2) is 11.8. The molecule has 240 valence electrons. The molecule has 0 saturated carbocycles. The number of ether oxygens (including phenoxy) is 2. The Kier molecular flexibility index (Phi) is 8.42. The van der Waals surface area contributed by atoms with Crippen LogP contribution < -0.4 is 21.3 Å². The third-order valence-corrected chi connectivity index (χ3v) is 10.2. The van der Waals surface area contributed by atoms with Gasteiger partial charge in [-0.1, -0.05) is 0 Å². The van der Waals surface area contributed by atoms with Crippen molar-refractivity contribution in [3.8, 4) is 0 Å². The fourth-order valence-electron chi connectivity index (χ4n) is 6.65. The molecule has 5 heterocycles. The summed E-state index contributed by atoms with van der Waals surface area (Å²) in [6.45, 7) is 25.2. The van der Waals surface area contributed by atoms with Crippen molar-refractivity contribution < 1.29 is 19.1 Å². The summed E-state index contributed by atoms with van der Waals surface area (Å²) in [6, 6.07) is -0.182. The van der Waals surface area contributed by atoms with Gasteiger partial charge in [-0.2, -0.15) is 0 Å². The Bertz CT molecular complexity index is 1790. The van der Waals surface area contributed by atoms with Crippen molar-refractivity contribution in [2.24, 2.45) is 0 Å². The molecule has 2 aliphatic rings. The number of carbonyl (C=O) groups excluding carboxylic acids is 2. The number of carbonyl (C=O) groups is 2. The average molecular weight is 614 g/mol. The number of H-pyrrole nitrogens is 3. The van der Waals surface area contributed by atoms with E-state index in [2.05, 4.69) is 67.1 Å². The van der Waals surface area contributed by atoms with Gasteiger partial charge in [0.2, 0.25) is 0 Å². The minimum atomic E-state index is -0.328. The number of aromatic nitrogens is 3. The summed E-state index contributed by atoms with van der Waals surface area (Å²) in [6.07, 6.45) is 0. The van der Waals surface area contributed by atoms with E-state index in [1.54, 1.807) is 0 Å². The average Bonchev–Trinajstić information content (AvgIpc) is 3.74. The van der Waals surface area contributed by atoms with Gasteiger partial charge in [-0.3, -0.25) is 0 Å². The van der Waals surface area contributed by atoms with E-state index < -0.39 is 0 Å². The first-order valence-corrected chi connectivity index (χ1v) is 15.8. The van der Waals surface area contributed by atoms with Crippen LogP contribution in [0, 0.1) is 41.5 Å². The zero-order valence-electron chi connectivity index (χ0n) is 28.7. The lowest BCUT2D eigenvalue weighted by molar-refractivity contribution is 0.0509. The molecule has 9 nitrogen and oxygen atoms in total. The molecule has 9 heteroatoms. The SMILES string of the molecule is CCOC(=O)c1[nH]c(C2N/C(=c3\[nH]/c(=C4\NC(c5[nH]c(C(=O)OCC)c(C)c5C)C(C)=C4C)c(C)c3C)C(C)=C2C)c(C)c1C. The van der Waals surface area contributed by atoms with Crippen molar-refractivity contribution >= 4 is 23.3 Å². The first-order valence-electron chi connectivity index (χ1n) is 15.8. The molecule has 2 atom stereocenters. The van der Waals surface area contributed by atoms with Crippen molar-refractivity contribution in [2.45, 2.75) is 95.2 Å². The summed E-state index contributed by atoms with van der Waals surface area (Å²) in [4.78, 5) is 35.8. The van der Waals surface area contributed by atoms with E-state index in [1.165, 1.54) is 33.4 Å². The van der Waals surface area contributed by atoms with Gasteiger partial charge >= 0.3 is 11.9 Å². The van der Waals surface area contributed by atoms with Gasteiger partial charge in [0.1, 0.15) is 11.4 Å². The molecule has 0 spiro atoms. The number of aromatic amines is 3. The maximum Gasteiger partial charge on any atom is 0.355 e. The molecular weight excluding hydrogens is 566 g/mol. The summed E-state index contributed by atoms with van der Waals surface area (Å²) in [5.74, 6) is -0.657. The van der Waals surface area contributed by atoms with Crippen LogP contribution in [0.15, 0.2) is 22.3 Å². The van der Waals surface area contributed by atoms with Crippen LogP contribution in [0.25, 0.3) is 11.4 Å². The van der Waals surface area contributed by atoms with Crippen molar-refractivity contribution in [1.29, 1.82) is 0 Å². The lowest BCUT2D eigenvalue weighted by Crippen LogP contribution is -2.26. The van der Waals surface area contributed by atoms with Crippen LogP contribution in [-0.2, 0) is 9.47 Å². The molecule has 5 N–H and O–H groups in total. The fraction of sp³-hybridized carbons (Fsp3) is 0.444. The van der Waals surface area contributed by atoms with Gasteiger partial charge < -0.3 is 35.1 Å². The van der Waals surface area contributed by atoms with Crippen LogP contribution in [0.3, 0.4) is 0 Å². The van der Waals surface area contributed by atoms with Crippen LogP contribution in [0.2, 0.25) is 0 Å². The first kappa shape index (κ1) is 32.0. The largest absolute Gasteiger partial charge is 0.461 e. The maximum absolute atomic E-state index is 12.6. The molecular formula is C36H47N5O4. The molecule has 45 heavy (non-hydrogen) atoms. The Morgan fingerprint density at radius 2 is 0.889 bits per heavy atom. The van der Waals surface area contributed by atoms with Crippen molar-refractivity contribution in [3.63, 3.8) is 0 Å². The van der Waals surface area contributed by atoms with E-state index in [4.69, 9.17) is 9.47 Å². The Balaban J connectivity index is 1.58. The number of hydrogen-bond acceptors (Lipinski definition) is 6. The standard InChI is InChI=1S/C36H47N5O4/c1-13-44-35(42)33-23(11)21(9)31(40-33)29-19(7)17(5)27(38-29)25-15(3)16(4)26(37-25)28-18(6)20(8)30(39-28)32-22(10)24(12)34(41-32)36(43)45-14-2/h29-30,37-41H,13-14H2,1-12H3/b27-25-,28-26-. The summed E-state index contributed by atoms with van der Waals surface area (Å²) in [5.41, 5.74) is 16.1. The van der Waals surface area contributed by atoms with Crippen LogP contribution in [0.4, 0.5) is 0 Å². The van der Waals surface area contributed by atoms with E-state index in [1.807, 2.05) is 41.5 Å². The van der Waals surface area contributed by atoms with Crippen molar-refractivity contribution in [3.05, 3.63) is 89.1 Å². The maximum atomic E-state index is 12.6. The zero-order valence-corrected chi connectivity index (χ0v) is 28.7. The molecule has 2 unspecified atom stereocenters. The summed E-state index contributed by atoms with van der Waals surface area (Å²) < 4.78 is 10.6. The van der Waals surface area contributed by atoms with E-state index >= 15 is 0 Å². The number of esters is 2. The third-order valence-electron chi connectivity index (χ3n) is 10.2. The van der Waals surface area contributed by atoms with Gasteiger partial charge in [-0.05, 0) is 139 Å². The highest BCUT2D eigenvalue weighted by atomic mass is 16.5. The van der Waals surface area contributed by atoms with E-state index in [0.717, 1.165) is 55.7 Å². The van der Waals surface area contributed by atoms with Gasteiger partial charge in [0.05, 0.1) is 47.4 Å². The topological polar surface area (TPSA) is 124 Å². The minimum absolute atomic E-state index is 0.0912. The van der Waals surface area contributed by atoms with Crippen LogP contribution in [0.5, 0.6) is 0 Å². The predicted octanol–water partition coefficient (Wildman–Crippen LogP) is 5.45. The van der Waals surface area contributed by atoms with Gasteiger partial charge in [-0.15, -0.1) is 0 Å². The smallest absolute Gasteiger partial charge is 0.355 e. The molecule has 0 aliphatic carbocycles. The number of hydrogen-bond donors (Lipinski definition) is 5. The fourth-order valence-corrected chi connectivity index (χ4v) is 6.65. The van der Waals surface area contributed by atoms with E-state index in [-0.39, 0.29) is 24.0 Å². The molecule has 0 saturated heterocycles. The molecule has 3 aromatic rings. The second-order valence-corrected chi connectivity index (χ2v) is 12.4. The van der Waals surface area contributed by atoms with Gasteiger partial charge in [0.15, 0.2) is 0 Å². The second-order valence-electron chi connectivity index (χ2n) is 12.4. The first-order chi connectivity index (χ1) is 21.2. The van der Waals surface area contributed by atoms with E-state index in [9.17, 15) is 9.59 Å². The lowest BCUT2D eigenvalue weighted by atomic mass is 10.0. The van der Waals surface area contributed by atoms with Gasteiger partial charge in [0.25, 0.3) is 0 Å². The molecule has 2 aliphatic heterocycles. The Morgan fingerprint density at radius 3 is 1.22 bits per heavy atom. The highest BCUT2D eigenvalue weighted by molar-refractivity contribution is 5.90. The Labute approximate surface area is 265 Å². The normalized spacial score (nSPS) is 20.6. The molecule has 5 rings (SSSR count). The van der Waals surface area contributed by atoms with Gasteiger partial charge in [0, 0.05) is 11.4 Å². The number of nitrogens with one attached hydrogen (secondary N) is 5. The third kappa shape index (κ3) is 5.02. The highest BCUT2D eigenvalue weighted by Crippen LogP contribution is 2.38. The van der Waals surface area contributed by atoms with Crippen molar-refractivity contribution in [2.75, 3.05) is 13.2 Å². The molecule has 3 aromatic heterocycles. The van der Waals surface area contributed by atoms with Crippen LogP contribution in [-0.4, -0.2) is 40.1 Å². The summed E-state index contributed by atoms with van der Waals surface area (Å²) in [7, 11) is 0. The molecule has 0 aromatic carbocycles. The minimum Gasteiger partial charge on any atom is -0.461 e. The van der Waals surface area contributed by atoms with Crippen molar-refractivity contribution in [1.82, 2.24) is 25.6 Å². The molecule has 0 radical (unpaired) electrons. The number of rotatable bonds is 6. The highest BCUT2D eigenvalue weighted by Gasteiger charge is 2.33.